The first-order valence-corrected chi connectivity index (χ1v) is 10.3. The van der Waals surface area contributed by atoms with Gasteiger partial charge in [-0.25, -0.2) is 0 Å². The van der Waals surface area contributed by atoms with E-state index in [9.17, 15) is 26.4 Å². The van der Waals surface area contributed by atoms with Crippen LogP contribution in [0.2, 0.25) is 5.02 Å². The van der Waals surface area contributed by atoms with Gasteiger partial charge in [-0.1, -0.05) is 31.5 Å². The Morgan fingerprint density at radius 1 is 1.17 bits per heavy atom. The second-order valence-electron chi connectivity index (χ2n) is 7.45. The maximum Gasteiger partial charge on any atom is 0.534 e. The Bertz CT molecular complexity index is 1340. The van der Waals surface area contributed by atoms with Gasteiger partial charge in [-0.2, -0.15) is 21.6 Å². The van der Waals surface area contributed by atoms with Crippen LogP contribution < -0.4 is 9.92 Å². The molecule has 0 atom stereocenters. The molecular weight excluding hydrogens is 445 g/mol. The molecule has 11 heteroatoms. The lowest BCUT2D eigenvalue weighted by Gasteiger charge is -2.32. The molecule has 1 aliphatic carbocycles. The number of fused-ring (bicyclic) bond motifs is 4. The maximum absolute atomic E-state index is 13.2. The van der Waals surface area contributed by atoms with Crippen LogP contribution in [0.5, 0.6) is 5.75 Å². The van der Waals surface area contributed by atoms with Gasteiger partial charge < -0.3 is 14.9 Å². The van der Waals surface area contributed by atoms with Gasteiger partial charge in [0.2, 0.25) is 0 Å². The summed E-state index contributed by atoms with van der Waals surface area (Å²) in [5.41, 5.74) is 1.73. The zero-order chi connectivity index (χ0) is 22.2. The summed E-state index contributed by atoms with van der Waals surface area (Å²) in [6.45, 7) is 3.48. The van der Waals surface area contributed by atoms with Gasteiger partial charge in [0.25, 0.3) is 0 Å². The number of aromatic amines is 1. The van der Waals surface area contributed by atoms with Crippen molar-refractivity contribution >= 4 is 44.1 Å². The smallest absolute Gasteiger partial charge is 0.399 e. The second-order valence-corrected chi connectivity index (χ2v) is 9.39. The predicted molar refractivity (Wildman–Crippen MR) is 105 cm³/mol. The molecule has 6 nitrogen and oxygen atoms in total. The summed E-state index contributed by atoms with van der Waals surface area (Å²) in [7, 11) is -5.93. The zero-order valence-electron chi connectivity index (χ0n) is 15.5. The monoisotopic (exact) mass is 458 g/mol. The number of rotatable bonds is 2. The largest absolute Gasteiger partial charge is 0.534 e. The number of alkyl halides is 3. The summed E-state index contributed by atoms with van der Waals surface area (Å²) in [5, 5.41) is 0.206. The molecule has 0 fully saturated rings. The fraction of sp³-hybridized carbons (Fsp3) is 0.211. The molecule has 0 bridgehead atoms. The number of aromatic nitrogens is 1. The Morgan fingerprint density at radius 3 is 2.47 bits per heavy atom. The Hall–Kier alpha value is -2.72. The molecule has 4 rings (SSSR count). The van der Waals surface area contributed by atoms with Gasteiger partial charge in [-0.15, -0.1) is 0 Å². The molecule has 1 aliphatic rings. The molecule has 30 heavy (non-hydrogen) atoms. The molecule has 2 aromatic carbocycles. The van der Waals surface area contributed by atoms with Crippen molar-refractivity contribution in [1.29, 1.82) is 0 Å². The van der Waals surface area contributed by atoms with Crippen molar-refractivity contribution in [2.75, 3.05) is 5.73 Å². The molecule has 0 radical (unpaired) electrons. The number of hydrogen-bond donors (Lipinski definition) is 2. The van der Waals surface area contributed by atoms with Gasteiger partial charge in [0.05, 0.1) is 10.6 Å². The van der Waals surface area contributed by atoms with E-state index >= 15 is 0 Å². The molecule has 0 saturated heterocycles. The van der Waals surface area contributed by atoms with Gasteiger partial charge in [-0.3, -0.25) is 4.79 Å². The van der Waals surface area contributed by atoms with Crippen LogP contribution in [0.3, 0.4) is 0 Å². The summed E-state index contributed by atoms with van der Waals surface area (Å²) in [6, 6.07) is 7.20. The first-order valence-electron chi connectivity index (χ1n) is 8.55. The van der Waals surface area contributed by atoms with Gasteiger partial charge in [0, 0.05) is 33.3 Å². The number of halogens is 4. The third-order valence-corrected chi connectivity index (χ3v) is 6.41. The van der Waals surface area contributed by atoms with Gasteiger partial charge >= 0.3 is 15.6 Å². The number of nitrogen functional groups attached to an aromatic ring is 1. The van der Waals surface area contributed by atoms with Crippen LogP contribution in [0.15, 0.2) is 30.3 Å². The number of benzene rings is 2. The summed E-state index contributed by atoms with van der Waals surface area (Å²) in [4.78, 5) is 16.4. The minimum atomic E-state index is -5.93. The summed E-state index contributed by atoms with van der Waals surface area (Å²) >= 11 is 5.98. The molecule has 1 aromatic heterocycles. The summed E-state index contributed by atoms with van der Waals surface area (Å²) < 4.78 is 65.3. The van der Waals surface area contributed by atoms with E-state index in [1.807, 2.05) is 0 Å². The molecule has 3 aromatic rings. The molecule has 0 saturated carbocycles. The average molecular weight is 459 g/mol. The lowest BCUT2D eigenvalue weighted by molar-refractivity contribution is -0.0500. The minimum absolute atomic E-state index is 0.145. The van der Waals surface area contributed by atoms with E-state index in [1.54, 1.807) is 32.0 Å². The van der Waals surface area contributed by atoms with Crippen LogP contribution >= 0.6 is 11.6 Å². The van der Waals surface area contributed by atoms with Crippen LogP contribution in [-0.2, 0) is 15.5 Å². The SMILES string of the molecule is CC1(C)c2cc(OS(=O)(=O)C(F)(F)F)c(Cl)cc2C(=O)c2c1[nH]c1cc(N)ccc21. The predicted octanol–water partition coefficient (Wildman–Crippen LogP) is 4.50. The van der Waals surface area contributed by atoms with Crippen molar-refractivity contribution in [2.45, 2.75) is 24.8 Å². The van der Waals surface area contributed by atoms with E-state index in [-0.39, 0.29) is 11.1 Å². The molecule has 0 spiro atoms. The lowest BCUT2D eigenvalue weighted by atomic mass is 9.71. The van der Waals surface area contributed by atoms with E-state index in [0.717, 1.165) is 12.1 Å². The first kappa shape index (κ1) is 20.5. The lowest BCUT2D eigenvalue weighted by Crippen LogP contribution is -2.31. The Morgan fingerprint density at radius 2 is 1.83 bits per heavy atom. The molecule has 0 aliphatic heterocycles. The molecule has 0 unspecified atom stereocenters. The van der Waals surface area contributed by atoms with Crippen molar-refractivity contribution in [3.05, 3.63) is 57.7 Å². The fourth-order valence-corrected chi connectivity index (χ4v) is 4.39. The van der Waals surface area contributed by atoms with E-state index in [1.165, 1.54) is 0 Å². The van der Waals surface area contributed by atoms with Crippen molar-refractivity contribution in [3.63, 3.8) is 0 Å². The number of anilines is 1. The quantitative estimate of drug-likeness (QED) is 0.334. The Balaban J connectivity index is 1.93. The van der Waals surface area contributed by atoms with Gasteiger partial charge in [0.1, 0.15) is 0 Å². The van der Waals surface area contributed by atoms with Crippen molar-refractivity contribution < 1.29 is 30.6 Å². The van der Waals surface area contributed by atoms with Crippen LogP contribution in [-0.4, -0.2) is 24.7 Å². The Kier molecular flexibility index (Phi) is 4.21. The zero-order valence-corrected chi connectivity index (χ0v) is 17.1. The highest BCUT2D eigenvalue weighted by Gasteiger charge is 2.49. The van der Waals surface area contributed by atoms with E-state index in [2.05, 4.69) is 9.17 Å². The van der Waals surface area contributed by atoms with Crippen LogP contribution in [0.25, 0.3) is 10.9 Å². The highest BCUT2D eigenvalue weighted by atomic mass is 35.5. The Labute approximate surface area is 173 Å². The standard InChI is InChI=1S/C19H14ClF3N2O4S/c1-18(2)11-7-14(29-30(27,28)19(21,22)23)12(20)6-10(11)16(26)15-9-4-3-8(24)5-13(9)25-17(15)18/h3-7,25H,24H2,1-2H3. The molecule has 3 N–H and O–H groups in total. The fourth-order valence-electron chi connectivity index (χ4n) is 3.68. The van der Waals surface area contributed by atoms with Crippen LogP contribution in [0.1, 0.15) is 41.0 Å². The molecule has 158 valence electrons. The number of nitrogens with two attached hydrogens (primary N) is 1. The highest BCUT2D eigenvalue weighted by molar-refractivity contribution is 7.88. The van der Waals surface area contributed by atoms with E-state index in [4.69, 9.17) is 17.3 Å². The second kappa shape index (κ2) is 6.14. The first-order chi connectivity index (χ1) is 13.7. The number of carbonyl (C=O) groups excluding carboxylic acids is 1. The normalized spacial score (nSPS) is 15.7. The van der Waals surface area contributed by atoms with E-state index in [0.29, 0.717) is 27.8 Å². The molecule has 0 amide bonds. The number of carbonyl (C=O) groups is 1. The topological polar surface area (TPSA) is 102 Å². The maximum atomic E-state index is 13.2. The van der Waals surface area contributed by atoms with Crippen LogP contribution in [0.4, 0.5) is 18.9 Å². The van der Waals surface area contributed by atoms with Gasteiger partial charge in [-0.05, 0) is 29.8 Å². The third kappa shape index (κ3) is 2.85. The summed E-state index contributed by atoms with van der Waals surface area (Å²) in [5.74, 6) is -1.11. The number of ketones is 1. The van der Waals surface area contributed by atoms with Crippen molar-refractivity contribution in [1.82, 2.24) is 4.98 Å². The van der Waals surface area contributed by atoms with Gasteiger partial charge in [0.15, 0.2) is 11.5 Å². The van der Waals surface area contributed by atoms with E-state index < -0.39 is 37.6 Å². The highest BCUT2D eigenvalue weighted by Crippen LogP contribution is 2.46. The number of nitrogens with one attached hydrogen (secondary N) is 1. The van der Waals surface area contributed by atoms with Crippen LogP contribution in [0, 0.1) is 0 Å². The van der Waals surface area contributed by atoms with Crippen molar-refractivity contribution in [3.8, 4) is 5.75 Å². The molecule has 1 heterocycles. The third-order valence-electron chi connectivity index (χ3n) is 5.15. The average Bonchev–Trinajstić information content (AvgIpc) is 3.00. The summed E-state index contributed by atoms with van der Waals surface area (Å²) in [6.07, 6.45) is 0. The number of hydrogen-bond acceptors (Lipinski definition) is 5. The minimum Gasteiger partial charge on any atom is -0.399 e. The number of H-pyrrole nitrogens is 1. The molecular formula is C19H14ClF3N2O4S. The van der Waals surface area contributed by atoms with Crippen molar-refractivity contribution in [2.24, 2.45) is 0 Å².